The molecule has 1 aromatic carbocycles. The van der Waals surface area contributed by atoms with E-state index in [1.165, 1.54) is 6.92 Å². The maximum Gasteiger partial charge on any atom is 0.163 e. The van der Waals surface area contributed by atoms with Gasteiger partial charge in [0, 0.05) is 24.6 Å². The molecule has 0 spiro atoms. The highest BCUT2D eigenvalue weighted by Crippen LogP contribution is 2.31. The van der Waals surface area contributed by atoms with Crippen molar-refractivity contribution in [3.63, 3.8) is 0 Å². The number of Topliss-reactive ketones (excluding diaryl/α,β-unsaturated/α-hetero) is 1. The van der Waals surface area contributed by atoms with Crippen molar-refractivity contribution in [1.29, 1.82) is 0 Å². The molecule has 0 saturated heterocycles. The molecule has 0 aromatic heterocycles. The van der Waals surface area contributed by atoms with Gasteiger partial charge in [0.2, 0.25) is 0 Å². The molecule has 0 heterocycles. The number of nitrogen functional groups attached to an aromatic ring is 1. The first-order valence-corrected chi connectivity index (χ1v) is 6.07. The third-order valence-electron chi connectivity index (χ3n) is 2.20. The summed E-state index contributed by atoms with van der Waals surface area (Å²) < 4.78 is 11.2. The van der Waals surface area contributed by atoms with E-state index >= 15 is 0 Å². The number of anilines is 1. The van der Waals surface area contributed by atoms with Crippen LogP contribution in [0.25, 0.3) is 0 Å². The third kappa shape index (κ3) is 4.02. The largest absolute Gasteiger partial charge is 0.491 e. The summed E-state index contributed by atoms with van der Waals surface area (Å²) in [6.07, 6.45) is 0.753. The van der Waals surface area contributed by atoms with Crippen LogP contribution in [-0.2, 0) is 4.74 Å². The Morgan fingerprint density at radius 3 is 2.71 bits per heavy atom. The van der Waals surface area contributed by atoms with Crippen LogP contribution in [0.5, 0.6) is 5.75 Å². The van der Waals surface area contributed by atoms with Crippen molar-refractivity contribution in [2.45, 2.75) is 13.3 Å². The minimum atomic E-state index is -0.0697. The van der Waals surface area contributed by atoms with Crippen molar-refractivity contribution in [1.82, 2.24) is 0 Å². The number of carbonyl (C=O) groups is 1. The molecule has 1 aromatic rings. The lowest BCUT2D eigenvalue weighted by atomic mass is 10.1. The number of ketones is 1. The summed E-state index contributed by atoms with van der Waals surface area (Å²) in [5, 5.41) is 0. The molecule has 1 rings (SSSR count). The molecule has 0 bridgehead atoms. The first-order valence-electron chi connectivity index (χ1n) is 5.28. The summed E-state index contributed by atoms with van der Waals surface area (Å²) in [6, 6.07) is 3.43. The molecule has 2 N–H and O–H groups in total. The average molecular weight is 302 g/mol. The summed E-state index contributed by atoms with van der Waals surface area (Å²) in [5.74, 6) is 0.386. The second kappa shape index (κ2) is 6.61. The number of halogens is 1. The number of hydrogen-bond acceptors (Lipinski definition) is 4. The zero-order chi connectivity index (χ0) is 12.8. The first-order chi connectivity index (χ1) is 8.06. The molecule has 94 valence electrons. The predicted molar refractivity (Wildman–Crippen MR) is 70.5 cm³/mol. The van der Waals surface area contributed by atoms with E-state index < -0.39 is 0 Å². The lowest BCUT2D eigenvalue weighted by Crippen LogP contribution is -2.07. The van der Waals surface area contributed by atoms with E-state index in [4.69, 9.17) is 15.2 Å². The molecule has 0 aliphatic heterocycles. The van der Waals surface area contributed by atoms with Gasteiger partial charge in [-0.05, 0) is 19.1 Å². The number of ether oxygens (including phenoxy) is 2. The molecular formula is C12H16BrNO3. The van der Waals surface area contributed by atoms with Gasteiger partial charge in [-0.2, -0.15) is 0 Å². The second-order valence-electron chi connectivity index (χ2n) is 3.62. The lowest BCUT2D eigenvalue weighted by molar-refractivity contribution is 0.101. The molecule has 0 aliphatic rings. The van der Waals surface area contributed by atoms with Crippen LogP contribution in [0.1, 0.15) is 23.7 Å². The molecule has 0 aliphatic carbocycles. The summed E-state index contributed by atoms with van der Waals surface area (Å²) in [4.78, 5) is 11.5. The van der Waals surface area contributed by atoms with Crippen molar-refractivity contribution >= 4 is 27.4 Å². The van der Waals surface area contributed by atoms with Crippen LogP contribution >= 0.6 is 15.9 Å². The summed E-state index contributed by atoms with van der Waals surface area (Å²) >= 11 is 3.30. The van der Waals surface area contributed by atoms with Crippen molar-refractivity contribution in [2.24, 2.45) is 0 Å². The first kappa shape index (κ1) is 14.0. The number of benzene rings is 1. The van der Waals surface area contributed by atoms with Gasteiger partial charge in [-0.3, -0.25) is 4.79 Å². The molecule has 5 heteroatoms. The zero-order valence-corrected chi connectivity index (χ0v) is 11.5. The lowest BCUT2D eigenvalue weighted by Gasteiger charge is -2.12. The summed E-state index contributed by atoms with van der Waals surface area (Å²) in [6.45, 7) is 2.58. The summed E-state index contributed by atoms with van der Waals surface area (Å²) in [5.41, 5.74) is 6.79. The number of hydrogen-bond donors (Lipinski definition) is 1. The van der Waals surface area contributed by atoms with Crippen molar-refractivity contribution in [3.05, 3.63) is 22.2 Å². The maximum absolute atomic E-state index is 11.5. The van der Waals surface area contributed by atoms with E-state index in [-0.39, 0.29) is 5.78 Å². The Hall–Kier alpha value is -1.07. The van der Waals surface area contributed by atoms with Crippen LogP contribution in [0.4, 0.5) is 5.69 Å². The van der Waals surface area contributed by atoms with E-state index in [1.54, 1.807) is 19.2 Å². The zero-order valence-electron chi connectivity index (χ0n) is 9.96. The molecular weight excluding hydrogens is 286 g/mol. The SMILES string of the molecule is COCCCOc1c(N)cc(Br)cc1C(C)=O. The fourth-order valence-electron chi connectivity index (χ4n) is 1.41. The van der Waals surface area contributed by atoms with Crippen LogP contribution in [0.3, 0.4) is 0 Å². The maximum atomic E-state index is 11.5. The van der Waals surface area contributed by atoms with Crippen LogP contribution in [-0.4, -0.2) is 26.1 Å². The van der Waals surface area contributed by atoms with Gasteiger partial charge in [0.1, 0.15) is 0 Å². The van der Waals surface area contributed by atoms with Crippen LogP contribution < -0.4 is 10.5 Å². The van der Waals surface area contributed by atoms with Gasteiger partial charge in [-0.25, -0.2) is 0 Å². The van der Waals surface area contributed by atoms with E-state index in [2.05, 4.69) is 15.9 Å². The van der Waals surface area contributed by atoms with E-state index in [0.29, 0.717) is 30.2 Å². The van der Waals surface area contributed by atoms with Crippen LogP contribution in [0, 0.1) is 0 Å². The van der Waals surface area contributed by atoms with E-state index in [0.717, 1.165) is 10.9 Å². The van der Waals surface area contributed by atoms with Gasteiger partial charge < -0.3 is 15.2 Å². The van der Waals surface area contributed by atoms with Gasteiger partial charge >= 0.3 is 0 Å². The smallest absolute Gasteiger partial charge is 0.163 e. The standard InChI is InChI=1S/C12H16BrNO3/c1-8(15)10-6-9(13)7-11(14)12(10)17-5-3-4-16-2/h6-7H,3-5,14H2,1-2H3. The Labute approximate surface area is 109 Å². The van der Waals surface area contributed by atoms with Crippen molar-refractivity contribution in [2.75, 3.05) is 26.1 Å². The Balaban J connectivity index is 2.85. The van der Waals surface area contributed by atoms with Gasteiger partial charge in [0.25, 0.3) is 0 Å². The van der Waals surface area contributed by atoms with Crippen molar-refractivity contribution < 1.29 is 14.3 Å². The van der Waals surface area contributed by atoms with Crippen LogP contribution in [0.2, 0.25) is 0 Å². The summed E-state index contributed by atoms with van der Waals surface area (Å²) in [7, 11) is 1.63. The molecule has 0 amide bonds. The Bertz CT molecular complexity index is 407. The molecule has 0 radical (unpaired) electrons. The molecule has 17 heavy (non-hydrogen) atoms. The number of carbonyl (C=O) groups excluding carboxylic acids is 1. The van der Waals surface area contributed by atoms with Crippen LogP contribution in [0.15, 0.2) is 16.6 Å². The normalized spacial score (nSPS) is 10.3. The predicted octanol–water partition coefficient (Wildman–Crippen LogP) is 2.65. The number of rotatable bonds is 6. The van der Waals surface area contributed by atoms with Gasteiger partial charge in [0.05, 0.1) is 17.9 Å². The van der Waals surface area contributed by atoms with E-state index in [9.17, 15) is 4.79 Å². The molecule has 0 saturated carbocycles. The quantitative estimate of drug-likeness (QED) is 0.498. The highest BCUT2D eigenvalue weighted by Gasteiger charge is 2.13. The van der Waals surface area contributed by atoms with Gasteiger partial charge in [-0.1, -0.05) is 15.9 Å². The second-order valence-corrected chi connectivity index (χ2v) is 4.54. The Kier molecular flexibility index (Phi) is 5.44. The van der Waals surface area contributed by atoms with Gasteiger partial charge in [-0.15, -0.1) is 0 Å². The molecule has 4 nitrogen and oxygen atoms in total. The topological polar surface area (TPSA) is 61.6 Å². The highest BCUT2D eigenvalue weighted by molar-refractivity contribution is 9.10. The fraction of sp³-hybridized carbons (Fsp3) is 0.417. The van der Waals surface area contributed by atoms with Gasteiger partial charge in [0.15, 0.2) is 11.5 Å². The molecule has 0 atom stereocenters. The van der Waals surface area contributed by atoms with E-state index in [1.807, 2.05) is 0 Å². The van der Waals surface area contributed by atoms with Crippen molar-refractivity contribution in [3.8, 4) is 5.75 Å². The fourth-order valence-corrected chi connectivity index (χ4v) is 1.89. The monoisotopic (exact) mass is 301 g/mol. The number of methoxy groups -OCH3 is 1. The number of nitrogens with two attached hydrogens (primary N) is 1. The third-order valence-corrected chi connectivity index (χ3v) is 2.66. The minimum absolute atomic E-state index is 0.0697. The Morgan fingerprint density at radius 2 is 2.12 bits per heavy atom. The highest BCUT2D eigenvalue weighted by atomic mass is 79.9. The Morgan fingerprint density at radius 1 is 1.41 bits per heavy atom. The minimum Gasteiger partial charge on any atom is -0.491 e. The molecule has 0 fully saturated rings. The molecule has 0 unspecified atom stereocenters. The average Bonchev–Trinajstić information content (AvgIpc) is 2.25.